The van der Waals surface area contributed by atoms with Gasteiger partial charge in [-0.25, -0.2) is 4.79 Å². The molecule has 1 aliphatic carbocycles. The van der Waals surface area contributed by atoms with Crippen molar-refractivity contribution >= 4 is 23.8 Å². The minimum Gasteiger partial charge on any atom is -0.456 e. The van der Waals surface area contributed by atoms with E-state index in [1.165, 1.54) is 0 Å². The van der Waals surface area contributed by atoms with Gasteiger partial charge in [0.2, 0.25) is 0 Å². The van der Waals surface area contributed by atoms with Gasteiger partial charge in [-0.15, -0.1) is 0 Å². The van der Waals surface area contributed by atoms with Crippen molar-refractivity contribution in [3.63, 3.8) is 0 Å². The van der Waals surface area contributed by atoms with Crippen LogP contribution in [0.15, 0.2) is 24.3 Å². The molecule has 0 unspecified atom stereocenters. The van der Waals surface area contributed by atoms with Crippen LogP contribution in [0.4, 0.5) is 4.79 Å². The van der Waals surface area contributed by atoms with Crippen molar-refractivity contribution in [1.29, 1.82) is 0 Å². The van der Waals surface area contributed by atoms with Crippen molar-refractivity contribution in [3.05, 3.63) is 35.4 Å². The summed E-state index contributed by atoms with van der Waals surface area (Å²) in [5, 5.41) is 7.30. The van der Waals surface area contributed by atoms with E-state index in [4.69, 9.17) is 4.74 Å². The molecule has 0 spiro atoms. The number of carbonyl (C=O) groups excluding carboxylic acids is 4. The van der Waals surface area contributed by atoms with Crippen LogP contribution in [0, 0.1) is 0 Å². The molecule has 8 nitrogen and oxygen atoms in total. The Balaban J connectivity index is 1.63. The molecule has 8 heteroatoms. The van der Waals surface area contributed by atoms with Crippen LogP contribution in [0.5, 0.6) is 0 Å². The molecular weight excluding hydrogens is 362 g/mol. The minimum absolute atomic E-state index is 0.00360. The normalized spacial score (nSPS) is 13.4. The molecule has 1 aromatic rings. The highest BCUT2D eigenvalue weighted by Crippen LogP contribution is 2.22. The minimum atomic E-state index is -0.700. The second-order valence-corrected chi connectivity index (χ2v) is 7.79. The summed E-state index contributed by atoms with van der Waals surface area (Å²) in [6, 6.07) is 6.83. The summed E-state index contributed by atoms with van der Waals surface area (Å²) in [7, 11) is 0. The maximum Gasteiger partial charge on any atom is 0.321 e. The van der Waals surface area contributed by atoms with Crippen molar-refractivity contribution in [1.82, 2.24) is 16.0 Å². The van der Waals surface area contributed by atoms with Gasteiger partial charge in [-0.2, -0.15) is 0 Å². The summed E-state index contributed by atoms with van der Waals surface area (Å²) in [5.41, 5.74) is 1.63. The molecule has 0 atom stereocenters. The third kappa shape index (κ3) is 7.38. The zero-order valence-electron chi connectivity index (χ0n) is 16.5. The zero-order valence-corrected chi connectivity index (χ0v) is 16.5. The van der Waals surface area contributed by atoms with Crippen LogP contribution >= 0.6 is 0 Å². The molecule has 0 aromatic heterocycles. The fourth-order valence-corrected chi connectivity index (χ4v) is 2.33. The maximum absolute atomic E-state index is 12.1. The topological polar surface area (TPSA) is 114 Å². The summed E-state index contributed by atoms with van der Waals surface area (Å²) in [5.74, 6) is -1.63. The third-order valence-electron chi connectivity index (χ3n) is 4.16. The summed E-state index contributed by atoms with van der Waals surface area (Å²) < 4.78 is 4.78. The Kier molecular flexibility index (Phi) is 7.14. The first-order valence-corrected chi connectivity index (χ1v) is 9.30. The van der Waals surface area contributed by atoms with Crippen molar-refractivity contribution < 1.29 is 23.9 Å². The molecule has 0 heterocycles. The highest BCUT2D eigenvalue weighted by Gasteiger charge is 2.24. The van der Waals surface area contributed by atoms with Crippen LogP contribution in [0.25, 0.3) is 0 Å². The van der Waals surface area contributed by atoms with E-state index >= 15 is 0 Å². The van der Waals surface area contributed by atoms with E-state index in [1.807, 2.05) is 12.1 Å². The number of hydrogen-bond donors (Lipinski definition) is 3. The first-order valence-electron chi connectivity index (χ1n) is 9.30. The average molecular weight is 389 g/mol. The second-order valence-electron chi connectivity index (χ2n) is 7.79. The lowest BCUT2D eigenvalue weighted by Crippen LogP contribution is -2.42. The van der Waals surface area contributed by atoms with Gasteiger partial charge in [0.15, 0.2) is 6.61 Å². The summed E-state index contributed by atoms with van der Waals surface area (Å²) in [4.78, 5) is 46.6. The lowest BCUT2D eigenvalue weighted by atomic mass is 9.87. The number of rotatable bonds is 7. The SMILES string of the molecule is CC(C)(C)c1ccc(C(=O)NCCC(=O)OCC(=O)NC(=O)NC2CC2)cc1. The van der Waals surface area contributed by atoms with Crippen LogP contribution < -0.4 is 16.0 Å². The Morgan fingerprint density at radius 3 is 2.29 bits per heavy atom. The summed E-state index contributed by atoms with van der Waals surface area (Å²) in [6.07, 6.45) is 1.74. The van der Waals surface area contributed by atoms with Gasteiger partial charge in [-0.05, 0) is 36.0 Å². The Hall–Kier alpha value is -2.90. The smallest absolute Gasteiger partial charge is 0.321 e. The summed E-state index contributed by atoms with van der Waals surface area (Å²) >= 11 is 0. The zero-order chi connectivity index (χ0) is 20.7. The number of carbonyl (C=O) groups is 4. The molecule has 2 rings (SSSR count). The summed E-state index contributed by atoms with van der Waals surface area (Å²) in [6.45, 7) is 5.82. The Bertz CT molecular complexity index is 733. The molecule has 0 radical (unpaired) electrons. The van der Waals surface area contributed by atoms with Gasteiger partial charge in [-0.1, -0.05) is 32.9 Å². The predicted octanol–water partition coefficient (Wildman–Crippen LogP) is 1.64. The number of ether oxygens (including phenoxy) is 1. The molecule has 4 amide bonds. The maximum atomic E-state index is 12.1. The molecular formula is C20H27N3O5. The number of benzene rings is 1. The van der Waals surface area contributed by atoms with Gasteiger partial charge in [0.1, 0.15) is 0 Å². The van der Waals surface area contributed by atoms with E-state index in [9.17, 15) is 19.2 Å². The molecule has 1 saturated carbocycles. The first kappa shape index (κ1) is 21.4. The molecule has 0 bridgehead atoms. The van der Waals surface area contributed by atoms with E-state index < -0.39 is 24.5 Å². The van der Waals surface area contributed by atoms with E-state index in [-0.39, 0.29) is 30.3 Å². The lowest BCUT2D eigenvalue weighted by molar-refractivity contribution is -0.148. The number of esters is 1. The molecule has 28 heavy (non-hydrogen) atoms. The van der Waals surface area contributed by atoms with Crippen LogP contribution in [0.3, 0.4) is 0 Å². The van der Waals surface area contributed by atoms with Gasteiger partial charge in [0.25, 0.3) is 11.8 Å². The Labute approximate surface area is 164 Å². The number of imide groups is 1. The van der Waals surface area contributed by atoms with Crippen LogP contribution in [0.2, 0.25) is 0 Å². The van der Waals surface area contributed by atoms with Gasteiger partial charge in [0, 0.05) is 18.2 Å². The predicted molar refractivity (Wildman–Crippen MR) is 103 cm³/mol. The van der Waals surface area contributed by atoms with E-state index in [0.29, 0.717) is 5.56 Å². The van der Waals surface area contributed by atoms with Gasteiger partial charge >= 0.3 is 12.0 Å². The number of hydrogen-bond acceptors (Lipinski definition) is 5. The molecule has 0 aliphatic heterocycles. The quantitative estimate of drug-likeness (QED) is 0.614. The number of amides is 4. The number of nitrogens with one attached hydrogen (secondary N) is 3. The van der Waals surface area contributed by atoms with Crippen LogP contribution in [-0.2, 0) is 19.7 Å². The number of urea groups is 1. The lowest BCUT2D eigenvalue weighted by Gasteiger charge is -2.19. The van der Waals surface area contributed by atoms with E-state index in [1.54, 1.807) is 12.1 Å². The molecule has 1 aliphatic rings. The Morgan fingerprint density at radius 1 is 1.07 bits per heavy atom. The highest BCUT2D eigenvalue weighted by atomic mass is 16.5. The molecule has 0 saturated heterocycles. The Morgan fingerprint density at radius 2 is 1.71 bits per heavy atom. The standard InChI is InChI=1S/C20H27N3O5/c1-20(2,3)14-6-4-13(5-7-14)18(26)21-11-10-17(25)28-12-16(24)23-19(27)22-15-8-9-15/h4-7,15H,8-12H2,1-3H3,(H,21,26)(H2,22,23,24,27). The average Bonchev–Trinajstić information content (AvgIpc) is 3.43. The molecule has 1 aromatic carbocycles. The fourth-order valence-electron chi connectivity index (χ4n) is 2.33. The van der Waals surface area contributed by atoms with Gasteiger partial charge < -0.3 is 15.4 Å². The van der Waals surface area contributed by atoms with Gasteiger partial charge in [0.05, 0.1) is 6.42 Å². The monoisotopic (exact) mass is 389 g/mol. The fraction of sp³-hybridized carbons (Fsp3) is 0.500. The van der Waals surface area contributed by atoms with Crippen LogP contribution in [0.1, 0.15) is 56.0 Å². The van der Waals surface area contributed by atoms with Crippen molar-refractivity contribution in [2.45, 2.75) is 51.5 Å². The molecule has 152 valence electrons. The second kappa shape index (κ2) is 9.34. The van der Waals surface area contributed by atoms with Crippen molar-refractivity contribution in [3.8, 4) is 0 Å². The highest BCUT2D eigenvalue weighted by molar-refractivity contribution is 5.96. The van der Waals surface area contributed by atoms with Crippen LogP contribution in [-0.4, -0.2) is 43.0 Å². The van der Waals surface area contributed by atoms with Crippen molar-refractivity contribution in [2.75, 3.05) is 13.2 Å². The molecule has 3 N–H and O–H groups in total. The van der Waals surface area contributed by atoms with Gasteiger partial charge in [-0.3, -0.25) is 19.7 Å². The van der Waals surface area contributed by atoms with E-state index in [2.05, 4.69) is 36.7 Å². The van der Waals surface area contributed by atoms with E-state index in [0.717, 1.165) is 18.4 Å². The largest absolute Gasteiger partial charge is 0.456 e. The van der Waals surface area contributed by atoms with Crippen molar-refractivity contribution in [2.24, 2.45) is 0 Å². The molecule has 1 fully saturated rings. The third-order valence-corrected chi connectivity index (χ3v) is 4.16. The first-order chi connectivity index (χ1) is 13.1.